The molecule has 1 atom stereocenters. The van der Waals surface area contributed by atoms with Gasteiger partial charge in [0, 0.05) is 18.7 Å². The first-order valence-corrected chi connectivity index (χ1v) is 8.89. The standard InChI is InChI=1S/C20H19N5O3/c1-20(18(27)23-19(28)24-20)13-5-4-6-14(11-13)22-17(26)9-10-25-12-21-15-7-2-3-8-16(15)25/h2-8,11-12H,9-10H2,1H3,(H,22,26)(H2,23,24,27,28). The number of aromatic nitrogens is 2. The van der Waals surface area contributed by atoms with Gasteiger partial charge in [-0.3, -0.25) is 14.9 Å². The predicted octanol–water partition coefficient (Wildman–Crippen LogP) is 2.12. The molecule has 4 amide bonds. The molecule has 8 nitrogen and oxygen atoms in total. The highest BCUT2D eigenvalue weighted by Gasteiger charge is 2.43. The highest BCUT2D eigenvalue weighted by molar-refractivity contribution is 6.07. The van der Waals surface area contributed by atoms with Crippen LogP contribution in [0.15, 0.2) is 54.9 Å². The average molecular weight is 377 g/mol. The summed E-state index contributed by atoms with van der Waals surface area (Å²) in [6, 6.07) is 14.1. The molecule has 0 bridgehead atoms. The lowest BCUT2D eigenvalue weighted by atomic mass is 9.92. The Morgan fingerprint density at radius 3 is 2.79 bits per heavy atom. The minimum absolute atomic E-state index is 0.153. The van der Waals surface area contributed by atoms with E-state index in [2.05, 4.69) is 20.9 Å². The van der Waals surface area contributed by atoms with Crippen LogP contribution in [0.3, 0.4) is 0 Å². The summed E-state index contributed by atoms with van der Waals surface area (Å²) in [7, 11) is 0. The van der Waals surface area contributed by atoms with E-state index in [1.807, 2.05) is 28.8 Å². The van der Waals surface area contributed by atoms with Gasteiger partial charge in [-0.2, -0.15) is 0 Å². The summed E-state index contributed by atoms with van der Waals surface area (Å²) in [5, 5.41) is 7.69. The first kappa shape index (κ1) is 17.7. The van der Waals surface area contributed by atoms with Crippen molar-refractivity contribution in [3.63, 3.8) is 0 Å². The Morgan fingerprint density at radius 1 is 1.18 bits per heavy atom. The van der Waals surface area contributed by atoms with Gasteiger partial charge in [0.2, 0.25) is 5.91 Å². The van der Waals surface area contributed by atoms with Crippen molar-refractivity contribution in [2.45, 2.75) is 25.4 Å². The smallest absolute Gasteiger partial charge is 0.322 e. The zero-order valence-electron chi connectivity index (χ0n) is 15.2. The Bertz CT molecular complexity index is 1090. The lowest BCUT2D eigenvalue weighted by Crippen LogP contribution is -2.40. The van der Waals surface area contributed by atoms with Gasteiger partial charge in [0.05, 0.1) is 17.4 Å². The number of hydrogen-bond donors (Lipinski definition) is 3. The van der Waals surface area contributed by atoms with Crippen LogP contribution in [0.5, 0.6) is 0 Å². The molecule has 0 radical (unpaired) electrons. The van der Waals surface area contributed by atoms with E-state index in [0.717, 1.165) is 11.0 Å². The number of carbonyl (C=O) groups excluding carboxylic acids is 3. The van der Waals surface area contributed by atoms with Crippen LogP contribution in [-0.4, -0.2) is 27.4 Å². The van der Waals surface area contributed by atoms with Crippen molar-refractivity contribution in [1.82, 2.24) is 20.2 Å². The fourth-order valence-corrected chi connectivity index (χ4v) is 3.29. The maximum Gasteiger partial charge on any atom is 0.322 e. The predicted molar refractivity (Wildman–Crippen MR) is 103 cm³/mol. The molecular weight excluding hydrogens is 358 g/mol. The van der Waals surface area contributed by atoms with E-state index < -0.39 is 17.5 Å². The summed E-state index contributed by atoms with van der Waals surface area (Å²) in [6.45, 7) is 2.13. The van der Waals surface area contributed by atoms with Gasteiger partial charge in [-0.1, -0.05) is 24.3 Å². The molecule has 1 unspecified atom stereocenters. The third-order valence-electron chi connectivity index (χ3n) is 4.88. The molecule has 142 valence electrons. The number of rotatable bonds is 5. The third kappa shape index (κ3) is 3.20. The number of amides is 4. The quantitative estimate of drug-likeness (QED) is 0.592. The van der Waals surface area contributed by atoms with E-state index in [1.165, 1.54) is 0 Å². The molecule has 0 spiro atoms. The number of nitrogens with zero attached hydrogens (tertiary/aromatic N) is 2. The molecule has 8 heteroatoms. The summed E-state index contributed by atoms with van der Waals surface area (Å²) < 4.78 is 1.94. The molecule has 1 aromatic heterocycles. The average Bonchev–Trinajstić information content (AvgIpc) is 3.21. The van der Waals surface area contributed by atoms with Crippen molar-refractivity contribution in [3.8, 4) is 0 Å². The zero-order valence-corrected chi connectivity index (χ0v) is 15.2. The second-order valence-corrected chi connectivity index (χ2v) is 6.84. The second-order valence-electron chi connectivity index (χ2n) is 6.84. The molecule has 3 aromatic rings. The molecule has 4 rings (SSSR count). The fraction of sp³-hybridized carbons (Fsp3) is 0.200. The molecular formula is C20H19N5O3. The summed E-state index contributed by atoms with van der Waals surface area (Å²) in [5.41, 5.74) is 1.87. The van der Waals surface area contributed by atoms with E-state index in [9.17, 15) is 14.4 Å². The Kier molecular flexibility index (Phi) is 4.31. The van der Waals surface area contributed by atoms with Gasteiger partial charge >= 0.3 is 6.03 Å². The van der Waals surface area contributed by atoms with Crippen LogP contribution in [0.2, 0.25) is 0 Å². The number of fused-ring (bicyclic) bond motifs is 1. The Hall–Kier alpha value is -3.68. The molecule has 0 saturated carbocycles. The largest absolute Gasteiger partial charge is 0.330 e. The number of nitrogens with one attached hydrogen (secondary N) is 3. The molecule has 3 N–H and O–H groups in total. The SMILES string of the molecule is CC1(c2cccc(NC(=O)CCn3cnc4ccccc43)c2)NC(=O)NC1=O. The number of imide groups is 1. The van der Waals surface area contributed by atoms with E-state index in [4.69, 9.17) is 0 Å². The normalized spacial score (nSPS) is 18.8. The number of hydrogen-bond acceptors (Lipinski definition) is 4. The summed E-state index contributed by atoms with van der Waals surface area (Å²) in [6.07, 6.45) is 2.00. The first-order chi connectivity index (χ1) is 13.5. The van der Waals surface area contributed by atoms with Gasteiger partial charge in [-0.15, -0.1) is 0 Å². The molecule has 1 saturated heterocycles. The van der Waals surface area contributed by atoms with Crippen molar-refractivity contribution in [3.05, 3.63) is 60.4 Å². The van der Waals surface area contributed by atoms with Crippen molar-refractivity contribution in [2.75, 3.05) is 5.32 Å². The summed E-state index contributed by atoms with van der Waals surface area (Å²) >= 11 is 0. The number of carbonyl (C=O) groups is 3. The number of imidazole rings is 1. The highest BCUT2D eigenvalue weighted by Crippen LogP contribution is 2.26. The minimum Gasteiger partial charge on any atom is -0.330 e. The van der Waals surface area contributed by atoms with E-state index in [-0.39, 0.29) is 12.3 Å². The number of anilines is 1. The Morgan fingerprint density at radius 2 is 2.00 bits per heavy atom. The molecule has 1 aliphatic heterocycles. The lowest BCUT2D eigenvalue weighted by Gasteiger charge is -2.21. The van der Waals surface area contributed by atoms with Crippen LogP contribution >= 0.6 is 0 Å². The van der Waals surface area contributed by atoms with Crippen LogP contribution < -0.4 is 16.0 Å². The molecule has 0 aliphatic carbocycles. The zero-order chi connectivity index (χ0) is 19.7. The monoisotopic (exact) mass is 377 g/mol. The maximum absolute atomic E-state index is 12.4. The molecule has 1 fully saturated rings. The summed E-state index contributed by atoms with van der Waals surface area (Å²) in [5.74, 6) is -0.576. The van der Waals surface area contributed by atoms with Crippen molar-refractivity contribution in [1.29, 1.82) is 0 Å². The molecule has 2 heterocycles. The molecule has 28 heavy (non-hydrogen) atoms. The maximum atomic E-state index is 12.4. The molecule has 2 aromatic carbocycles. The van der Waals surface area contributed by atoms with Gasteiger partial charge in [0.15, 0.2) is 0 Å². The van der Waals surface area contributed by atoms with Gasteiger partial charge in [0.1, 0.15) is 5.54 Å². The Labute approximate surface area is 160 Å². The van der Waals surface area contributed by atoms with E-state index in [1.54, 1.807) is 37.5 Å². The van der Waals surface area contributed by atoms with Gasteiger partial charge in [-0.25, -0.2) is 9.78 Å². The van der Waals surface area contributed by atoms with E-state index >= 15 is 0 Å². The minimum atomic E-state index is -1.16. The van der Waals surface area contributed by atoms with Crippen LogP contribution in [0.25, 0.3) is 11.0 Å². The van der Waals surface area contributed by atoms with Crippen LogP contribution in [0.4, 0.5) is 10.5 Å². The Balaban J connectivity index is 1.44. The van der Waals surface area contributed by atoms with Crippen LogP contribution in [0, 0.1) is 0 Å². The van der Waals surface area contributed by atoms with Crippen LogP contribution in [-0.2, 0) is 21.7 Å². The van der Waals surface area contributed by atoms with Gasteiger partial charge in [-0.05, 0) is 36.8 Å². The lowest BCUT2D eigenvalue weighted by molar-refractivity contribution is -0.123. The first-order valence-electron chi connectivity index (χ1n) is 8.89. The van der Waals surface area contributed by atoms with E-state index in [0.29, 0.717) is 17.8 Å². The van der Waals surface area contributed by atoms with Gasteiger partial charge < -0.3 is 15.2 Å². The topological polar surface area (TPSA) is 105 Å². The number of para-hydroxylation sites is 2. The number of aryl methyl sites for hydroxylation is 1. The third-order valence-corrected chi connectivity index (χ3v) is 4.88. The summed E-state index contributed by atoms with van der Waals surface area (Å²) in [4.78, 5) is 40.3. The van der Waals surface area contributed by atoms with Crippen molar-refractivity contribution < 1.29 is 14.4 Å². The van der Waals surface area contributed by atoms with Crippen molar-refractivity contribution in [2.24, 2.45) is 0 Å². The number of benzene rings is 2. The van der Waals surface area contributed by atoms with Crippen molar-refractivity contribution >= 4 is 34.6 Å². The fourth-order valence-electron chi connectivity index (χ4n) is 3.29. The van der Waals surface area contributed by atoms with Gasteiger partial charge in [0.25, 0.3) is 5.91 Å². The second kappa shape index (κ2) is 6.80. The number of urea groups is 1. The molecule has 1 aliphatic rings. The highest BCUT2D eigenvalue weighted by atomic mass is 16.2. The van der Waals surface area contributed by atoms with Crippen LogP contribution in [0.1, 0.15) is 18.9 Å².